The molecule has 0 N–H and O–H groups in total. The van der Waals surface area contributed by atoms with E-state index < -0.39 is 0 Å². The normalized spacial score (nSPS) is 55.1. The van der Waals surface area contributed by atoms with Crippen LogP contribution in [0.3, 0.4) is 0 Å². The van der Waals surface area contributed by atoms with Crippen LogP contribution in [0.15, 0.2) is 10.6 Å². The molecule has 0 aliphatic heterocycles. The highest BCUT2D eigenvalue weighted by atomic mass is 79.9. The highest BCUT2D eigenvalue weighted by molar-refractivity contribution is 9.12. The predicted octanol–water partition coefficient (Wildman–Crippen LogP) is 1.94. The molecule has 0 amide bonds. The third-order valence-electron chi connectivity index (χ3n) is 5.17. The lowest BCUT2D eigenvalue weighted by Crippen LogP contribution is -2.72. The highest BCUT2D eigenvalue weighted by Gasteiger charge is 2.72. The summed E-state index contributed by atoms with van der Waals surface area (Å²) < 4.78 is 0.509. The predicted molar refractivity (Wildman–Crippen MR) is 57.2 cm³/mol. The van der Waals surface area contributed by atoms with Crippen molar-refractivity contribution in [2.75, 3.05) is 0 Å². The summed E-state index contributed by atoms with van der Waals surface area (Å²) in [6.45, 7) is 0. The lowest BCUT2D eigenvalue weighted by Gasteiger charge is -2.72. The van der Waals surface area contributed by atoms with E-state index in [2.05, 4.69) is 15.9 Å². The number of halogens is 1. The second-order valence-corrected chi connectivity index (χ2v) is 6.22. The Kier molecular flexibility index (Phi) is 1.42. The minimum Gasteiger partial charge on any atom is -0.294 e. The van der Waals surface area contributed by atoms with Gasteiger partial charge in [0.15, 0.2) is 11.6 Å². The molecule has 15 heavy (non-hydrogen) atoms. The molecule has 78 valence electrons. The first-order valence-electron chi connectivity index (χ1n) is 5.65. The van der Waals surface area contributed by atoms with Gasteiger partial charge in [-0.05, 0) is 58.5 Å². The van der Waals surface area contributed by atoms with E-state index in [1.54, 1.807) is 0 Å². The Morgan fingerprint density at radius 2 is 1.67 bits per heavy atom. The lowest BCUT2D eigenvalue weighted by atomic mass is 9.31. The number of rotatable bonds is 0. The summed E-state index contributed by atoms with van der Waals surface area (Å²) in [5, 5.41) is 0. The lowest BCUT2D eigenvalue weighted by molar-refractivity contribution is -0.237. The number of carbonyl (C=O) groups is 2. The molecule has 0 aromatic rings. The zero-order valence-corrected chi connectivity index (χ0v) is 9.74. The van der Waals surface area contributed by atoms with Crippen molar-refractivity contribution in [3.63, 3.8) is 0 Å². The van der Waals surface area contributed by atoms with Crippen LogP contribution in [0.4, 0.5) is 0 Å². The first kappa shape index (κ1) is 8.68. The second kappa shape index (κ2) is 2.45. The Hall–Kier alpha value is -0.440. The fraction of sp³-hybridized carbons (Fsp3) is 0.667. The smallest absolute Gasteiger partial charge is 0.174 e. The van der Waals surface area contributed by atoms with Crippen molar-refractivity contribution in [2.24, 2.45) is 35.5 Å². The van der Waals surface area contributed by atoms with Gasteiger partial charge in [0.25, 0.3) is 0 Å². The first-order chi connectivity index (χ1) is 7.20. The van der Waals surface area contributed by atoms with Gasteiger partial charge in [-0.3, -0.25) is 9.59 Å². The number of fused-ring (bicyclic) bond motifs is 7. The van der Waals surface area contributed by atoms with Crippen molar-refractivity contribution in [2.45, 2.75) is 12.8 Å². The van der Waals surface area contributed by atoms with Gasteiger partial charge in [0.05, 0.1) is 4.48 Å². The Morgan fingerprint density at radius 1 is 1.07 bits per heavy atom. The molecule has 4 aliphatic carbocycles. The highest BCUT2D eigenvalue weighted by Crippen LogP contribution is 2.73. The molecule has 0 bridgehead atoms. The molecule has 6 atom stereocenters. The maximum Gasteiger partial charge on any atom is 0.174 e. The quantitative estimate of drug-likeness (QED) is 0.672. The van der Waals surface area contributed by atoms with Gasteiger partial charge >= 0.3 is 0 Å². The molecule has 0 radical (unpaired) electrons. The standard InChI is InChI=1S/C12H11BrO2/c13-6-3-7(14)10-8-4-1-2-5(4)9(8)11(10)12(6)15/h3-5,8-11H,1-2H2/t4-,5+,8+,9-,10-,11+/m1/s1. The van der Waals surface area contributed by atoms with Crippen LogP contribution >= 0.6 is 15.9 Å². The maximum absolute atomic E-state index is 11.9. The van der Waals surface area contributed by atoms with E-state index in [1.807, 2.05) is 0 Å². The van der Waals surface area contributed by atoms with Crippen LogP contribution in [-0.4, -0.2) is 11.6 Å². The molecular weight excluding hydrogens is 256 g/mol. The van der Waals surface area contributed by atoms with Gasteiger partial charge in [-0.1, -0.05) is 0 Å². The van der Waals surface area contributed by atoms with Crippen LogP contribution in [-0.2, 0) is 9.59 Å². The van der Waals surface area contributed by atoms with E-state index in [4.69, 9.17) is 0 Å². The third kappa shape index (κ3) is 0.768. The zero-order valence-electron chi connectivity index (χ0n) is 8.15. The second-order valence-electron chi connectivity index (χ2n) is 5.37. The van der Waals surface area contributed by atoms with Crippen LogP contribution < -0.4 is 0 Å². The summed E-state index contributed by atoms with van der Waals surface area (Å²) >= 11 is 3.21. The minimum absolute atomic E-state index is 0.0448. The van der Waals surface area contributed by atoms with Crippen LogP contribution in [0.25, 0.3) is 0 Å². The molecule has 0 aromatic heterocycles. The minimum atomic E-state index is 0.0448. The van der Waals surface area contributed by atoms with Gasteiger partial charge in [-0.15, -0.1) is 0 Å². The van der Waals surface area contributed by atoms with E-state index in [0.717, 1.165) is 11.8 Å². The number of allylic oxidation sites excluding steroid dienone is 2. The zero-order chi connectivity index (χ0) is 10.3. The van der Waals surface area contributed by atoms with Gasteiger partial charge in [-0.2, -0.15) is 0 Å². The number of hydrogen-bond acceptors (Lipinski definition) is 2. The van der Waals surface area contributed by atoms with Crippen LogP contribution in [0, 0.1) is 35.5 Å². The molecule has 3 heteroatoms. The van der Waals surface area contributed by atoms with E-state index in [0.29, 0.717) is 16.3 Å². The Morgan fingerprint density at radius 3 is 2.27 bits per heavy atom. The first-order valence-corrected chi connectivity index (χ1v) is 6.44. The summed E-state index contributed by atoms with van der Waals surface area (Å²) in [6, 6.07) is 0. The van der Waals surface area contributed by atoms with Crippen LogP contribution in [0.2, 0.25) is 0 Å². The van der Waals surface area contributed by atoms with E-state index in [-0.39, 0.29) is 23.4 Å². The Bertz CT molecular complexity index is 425. The van der Waals surface area contributed by atoms with Crippen LogP contribution in [0.1, 0.15) is 12.8 Å². The van der Waals surface area contributed by atoms with E-state index in [1.165, 1.54) is 18.9 Å². The van der Waals surface area contributed by atoms with Crippen molar-refractivity contribution in [3.05, 3.63) is 10.6 Å². The number of hydrogen-bond donors (Lipinski definition) is 0. The topological polar surface area (TPSA) is 34.1 Å². The maximum atomic E-state index is 11.9. The van der Waals surface area contributed by atoms with Gasteiger partial charge in [-0.25, -0.2) is 0 Å². The summed E-state index contributed by atoms with van der Waals surface area (Å²) in [5.74, 6) is 3.19. The largest absolute Gasteiger partial charge is 0.294 e. The summed E-state index contributed by atoms with van der Waals surface area (Å²) in [5.41, 5.74) is 0. The number of ketones is 2. The molecule has 3 saturated carbocycles. The van der Waals surface area contributed by atoms with Gasteiger partial charge in [0, 0.05) is 11.8 Å². The molecule has 0 unspecified atom stereocenters. The monoisotopic (exact) mass is 266 g/mol. The van der Waals surface area contributed by atoms with Gasteiger partial charge in [0.1, 0.15) is 0 Å². The summed E-state index contributed by atoms with van der Waals surface area (Å²) in [7, 11) is 0. The summed E-state index contributed by atoms with van der Waals surface area (Å²) in [6.07, 6.45) is 4.09. The molecule has 0 saturated heterocycles. The summed E-state index contributed by atoms with van der Waals surface area (Å²) in [4.78, 5) is 23.8. The van der Waals surface area contributed by atoms with Gasteiger partial charge in [0.2, 0.25) is 0 Å². The SMILES string of the molecule is O=C1C(Br)=CC(=O)[C@H]2[C@@H]1[C@@H]1[C@H]3CC[C@H]3[C@H]21. The van der Waals surface area contributed by atoms with Crippen molar-refractivity contribution in [1.29, 1.82) is 0 Å². The average Bonchev–Trinajstić information content (AvgIpc) is 2.14. The average molecular weight is 267 g/mol. The molecule has 0 heterocycles. The Labute approximate surface area is 96.2 Å². The molecule has 0 spiro atoms. The van der Waals surface area contributed by atoms with Crippen molar-refractivity contribution in [1.82, 2.24) is 0 Å². The van der Waals surface area contributed by atoms with Gasteiger partial charge < -0.3 is 0 Å². The number of carbonyl (C=O) groups excluding carboxylic acids is 2. The molecule has 3 fully saturated rings. The molecule has 2 nitrogen and oxygen atoms in total. The molecule has 4 rings (SSSR count). The molecule has 4 aliphatic rings. The third-order valence-corrected chi connectivity index (χ3v) is 5.79. The molecule has 0 aromatic carbocycles. The Balaban J connectivity index is 1.74. The fourth-order valence-electron chi connectivity index (χ4n) is 4.43. The number of Topliss-reactive ketones (excluding diaryl/α,β-unsaturated/α-hetero) is 1. The fourth-order valence-corrected chi connectivity index (χ4v) is 4.92. The van der Waals surface area contributed by atoms with E-state index in [9.17, 15) is 9.59 Å². The van der Waals surface area contributed by atoms with E-state index >= 15 is 0 Å². The van der Waals surface area contributed by atoms with Crippen molar-refractivity contribution < 1.29 is 9.59 Å². The molecular formula is C12H11BrO2. The van der Waals surface area contributed by atoms with Crippen LogP contribution in [0.5, 0.6) is 0 Å². The van der Waals surface area contributed by atoms with Crippen molar-refractivity contribution >= 4 is 27.5 Å². The van der Waals surface area contributed by atoms with Crippen molar-refractivity contribution in [3.8, 4) is 0 Å².